The van der Waals surface area contributed by atoms with Gasteiger partial charge in [0.2, 0.25) is 0 Å². The van der Waals surface area contributed by atoms with Gasteiger partial charge in [-0.25, -0.2) is 0 Å². The fourth-order valence-corrected chi connectivity index (χ4v) is 3.02. The van der Waals surface area contributed by atoms with E-state index < -0.39 is 0 Å². The number of halogens is 1. The molecule has 2 fully saturated rings. The molecule has 1 atom stereocenters. The van der Waals surface area contributed by atoms with E-state index in [4.69, 9.17) is 16.3 Å². The van der Waals surface area contributed by atoms with Crippen molar-refractivity contribution in [2.45, 2.75) is 43.7 Å². The average molecular weight is 266 g/mol. The maximum absolute atomic E-state index is 5.90. The first-order valence-electron chi connectivity index (χ1n) is 6.92. The lowest BCUT2D eigenvalue weighted by atomic mass is 9.76. The summed E-state index contributed by atoms with van der Waals surface area (Å²) in [7, 11) is 0. The van der Waals surface area contributed by atoms with Crippen LogP contribution in [0.5, 0.6) is 0 Å². The minimum Gasteiger partial charge on any atom is -0.377 e. The number of ether oxygens (including phenoxy) is 1. The third-order valence-corrected chi connectivity index (χ3v) is 4.39. The normalized spacial score (nSPS) is 31.3. The van der Waals surface area contributed by atoms with Crippen molar-refractivity contribution in [1.29, 1.82) is 0 Å². The van der Waals surface area contributed by atoms with Crippen LogP contribution in [-0.2, 0) is 4.74 Å². The summed E-state index contributed by atoms with van der Waals surface area (Å²) in [5.41, 5.74) is 1.43. The Morgan fingerprint density at radius 2 is 2.00 bits per heavy atom. The summed E-state index contributed by atoms with van der Waals surface area (Å²) in [4.78, 5) is 0. The molecule has 3 rings (SSSR count). The van der Waals surface area contributed by atoms with Crippen LogP contribution in [0.4, 0.5) is 0 Å². The molecule has 0 spiro atoms. The summed E-state index contributed by atoms with van der Waals surface area (Å²) in [5.74, 6) is 0.712. The van der Waals surface area contributed by atoms with Gasteiger partial charge in [-0.3, -0.25) is 0 Å². The molecule has 0 amide bonds. The second-order valence-electron chi connectivity index (χ2n) is 5.46. The molecule has 1 saturated heterocycles. The lowest BCUT2D eigenvalue weighted by molar-refractivity contribution is 0.102. The summed E-state index contributed by atoms with van der Waals surface area (Å²) in [6, 6.07) is 8.97. The maximum atomic E-state index is 5.90. The molecule has 1 N–H and O–H groups in total. The number of nitrogens with one attached hydrogen (secondary N) is 1. The SMILES string of the molecule is Clc1ccc(C2CC(NCC3CCCO3)C2)cc1. The maximum Gasteiger partial charge on any atom is 0.0700 e. The standard InChI is InChI=1S/C15H20ClNO/c16-13-5-3-11(4-6-13)12-8-14(9-12)17-10-15-2-1-7-18-15/h3-6,12,14-15,17H,1-2,7-10H2. The van der Waals surface area contributed by atoms with E-state index in [1.807, 2.05) is 12.1 Å². The molecule has 2 aliphatic rings. The molecule has 0 bridgehead atoms. The Morgan fingerprint density at radius 1 is 1.22 bits per heavy atom. The van der Waals surface area contributed by atoms with Crippen molar-refractivity contribution >= 4 is 11.6 Å². The number of rotatable bonds is 4. The van der Waals surface area contributed by atoms with Crippen molar-refractivity contribution in [1.82, 2.24) is 5.32 Å². The van der Waals surface area contributed by atoms with E-state index in [0.29, 0.717) is 18.1 Å². The van der Waals surface area contributed by atoms with E-state index in [0.717, 1.165) is 18.2 Å². The molecule has 1 aliphatic carbocycles. The Morgan fingerprint density at radius 3 is 2.67 bits per heavy atom. The van der Waals surface area contributed by atoms with Crippen LogP contribution in [0.3, 0.4) is 0 Å². The second-order valence-corrected chi connectivity index (χ2v) is 5.90. The van der Waals surface area contributed by atoms with Gasteiger partial charge in [-0.15, -0.1) is 0 Å². The molecule has 0 radical (unpaired) electrons. The van der Waals surface area contributed by atoms with Gasteiger partial charge in [-0.2, -0.15) is 0 Å². The molecule has 18 heavy (non-hydrogen) atoms. The van der Waals surface area contributed by atoms with E-state index in [1.54, 1.807) is 0 Å². The lowest BCUT2D eigenvalue weighted by Crippen LogP contribution is -2.43. The highest BCUT2D eigenvalue weighted by atomic mass is 35.5. The highest BCUT2D eigenvalue weighted by molar-refractivity contribution is 6.30. The van der Waals surface area contributed by atoms with Gasteiger partial charge in [-0.05, 0) is 49.3 Å². The Bertz CT molecular complexity index is 380. The summed E-state index contributed by atoms with van der Waals surface area (Å²) < 4.78 is 5.62. The first-order chi connectivity index (χ1) is 8.81. The third kappa shape index (κ3) is 2.87. The van der Waals surface area contributed by atoms with Gasteiger partial charge in [0.25, 0.3) is 0 Å². The Kier molecular flexibility index (Phi) is 3.88. The molecule has 0 aromatic heterocycles. The quantitative estimate of drug-likeness (QED) is 0.901. The zero-order valence-electron chi connectivity index (χ0n) is 10.6. The largest absolute Gasteiger partial charge is 0.377 e. The summed E-state index contributed by atoms with van der Waals surface area (Å²) in [6.45, 7) is 1.97. The lowest BCUT2D eigenvalue weighted by Gasteiger charge is -2.37. The van der Waals surface area contributed by atoms with Crippen LogP contribution in [0.1, 0.15) is 37.2 Å². The summed E-state index contributed by atoms with van der Waals surface area (Å²) >= 11 is 5.90. The van der Waals surface area contributed by atoms with E-state index in [-0.39, 0.29) is 0 Å². The fraction of sp³-hybridized carbons (Fsp3) is 0.600. The fourth-order valence-electron chi connectivity index (χ4n) is 2.90. The summed E-state index contributed by atoms with van der Waals surface area (Å²) in [6.07, 6.45) is 5.40. The Balaban J connectivity index is 1.41. The molecule has 1 unspecified atom stereocenters. The topological polar surface area (TPSA) is 21.3 Å². The van der Waals surface area contributed by atoms with Gasteiger partial charge in [0.1, 0.15) is 0 Å². The predicted octanol–water partition coefficient (Wildman–Crippen LogP) is 3.35. The van der Waals surface area contributed by atoms with Gasteiger partial charge in [0.05, 0.1) is 6.10 Å². The van der Waals surface area contributed by atoms with E-state index in [9.17, 15) is 0 Å². The molecule has 3 heteroatoms. The van der Waals surface area contributed by atoms with Crippen LogP contribution in [0.25, 0.3) is 0 Å². The first-order valence-corrected chi connectivity index (χ1v) is 7.29. The highest BCUT2D eigenvalue weighted by Crippen LogP contribution is 2.37. The van der Waals surface area contributed by atoms with Crippen molar-refractivity contribution in [2.24, 2.45) is 0 Å². The van der Waals surface area contributed by atoms with E-state index in [1.165, 1.54) is 31.2 Å². The van der Waals surface area contributed by atoms with E-state index in [2.05, 4.69) is 17.4 Å². The van der Waals surface area contributed by atoms with Crippen LogP contribution in [0.2, 0.25) is 5.02 Å². The van der Waals surface area contributed by atoms with Gasteiger partial charge in [-0.1, -0.05) is 23.7 Å². The first kappa shape index (κ1) is 12.5. The number of hydrogen-bond donors (Lipinski definition) is 1. The smallest absolute Gasteiger partial charge is 0.0700 e. The molecule has 98 valence electrons. The van der Waals surface area contributed by atoms with Crippen molar-refractivity contribution < 1.29 is 4.74 Å². The van der Waals surface area contributed by atoms with Crippen LogP contribution in [-0.4, -0.2) is 25.3 Å². The van der Waals surface area contributed by atoms with Crippen molar-refractivity contribution in [3.63, 3.8) is 0 Å². The monoisotopic (exact) mass is 265 g/mol. The van der Waals surface area contributed by atoms with Crippen molar-refractivity contribution in [2.75, 3.05) is 13.2 Å². The van der Waals surface area contributed by atoms with Crippen LogP contribution >= 0.6 is 11.6 Å². The van der Waals surface area contributed by atoms with Crippen LogP contribution in [0.15, 0.2) is 24.3 Å². The van der Waals surface area contributed by atoms with Crippen LogP contribution < -0.4 is 5.32 Å². The van der Waals surface area contributed by atoms with Crippen molar-refractivity contribution in [3.05, 3.63) is 34.9 Å². The molecule has 1 aliphatic heterocycles. The average Bonchev–Trinajstić information content (AvgIpc) is 2.82. The summed E-state index contributed by atoms with van der Waals surface area (Å²) in [5, 5.41) is 4.45. The van der Waals surface area contributed by atoms with Gasteiger partial charge >= 0.3 is 0 Å². The number of hydrogen-bond acceptors (Lipinski definition) is 2. The van der Waals surface area contributed by atoms with Gasteiger partial charge < -0.3 is 10.1 Å². The van der Waals surface area contributed by atoms with E-state index >= 15 is 0 Å². The zero-order chi connectivity index (χ0) is 12.4. The molecule has 1 aromatic carbocycles. The highest BCUT2D eigenvalue weighted by Gasteiger charge is 2.30. The molecule has 1 saturated carbocycles. The second kappa shape index (κ2) is 5.60. The number of benzene rings is 1. The molecule has 1 aromatic rings. The Labute approximate surface area is 114 Å². The molecule has 1 heterocycles. The Hall–Kier alpha value is -0.570. The minimum absolute atomic E-state index is 0.458. The predicted molar refractivity (Wildman–Crippen MR) is 74.2 cm³/mol. The van der Waals surface area contributed by atoms with Gasteiger partial charge in [0, 0.05) is 24.2 Å². The van der Waals surface area contributed by atoms with Crippen molar-refractivity contribution in [3.8, 4) is 0 Å². The van der Waals surface area contributed by atoms with Gasteiger partial charge in [0.15, 0.2) is 0 Å². The molecular formula is C15H20ClNO. The molecular weight excluding hydrogens is 246 g/mol. The zero-order valence-corrected chi connectivity index (χ0v) is 11.3. The third-order valence-electron chi connectivity index (χ3n) is 4.14. The van der Waals surface area contributed by atoms with Crippen LogP contribution in [0, 0.1) is 0 Å². The minimum atomic E-state index is 0.458. The molecule has 2 nitrogen and oxygen atoms in total.